The highest BCUT2D eigenvalue weighted by Crippen LogP contribution is 2.16. The monoisotopic (exact) mass is 441 g/mol. The second kappa shape index (κ2) is 10.9. The van der Waals surface area contributed by atoms with Gasteiger partial charge in [-0.05, 0) is 35.6 Å². The molecule has 7 nitrogen and oxygen atoms in total. The van der Waals surface area contributed by atoms with E-state index in [0.717, 1.165) is 46.9 Å². The number of aromatic carboxylic acids is 1. The van der Waals surface area contributed by atoms with Gasteiger partial charge in [0.15, 0.2) is 0 Å². The van der Waals surface area contributed by atoms with Crippen LogP contribution in [0.15, 0.2) is 41.8 Å². The molecule has 0 aliphatic carbocycles. The highest BCUT2D eigenvalue weighted by Gasteiger charge is 2.20. The van der Waals surface area contributed by atoms with E-state index in [9.17, 15) is 14.7 Å². The quantitative estimate of drug-likeness (QED) is 0.339. The van der Waals surface area contributed by atoms with Crippen LogP contribution < -0.4 is 5.32 Å². The lowest BCUT2D eigenvalue weighted by Crippen LogP contribution is -2.38. The van der Waals surface area contributed by atoms with Crippen molar-refractivity contribution in [3.8, 4) is 0 Å². The molecule has 8 heteroatoms. The number of benzene rings is 1. The molecule has 0 radical (unpaired) electrons. The Morgan fingerprint density at radius 2 is 1.97 bits per heavy atom. The maximum absolute atomic E-state index is 11.7. The number of hydrogen-bond donors (Lipinski definition) is 4. The summed E-state index contributed by atoms with van der Waals surface area (Å²) in [7, 11) is 0. The van der Waals surface area contributed by atoms with E-state index in [1.807, 2.05) is 17.5 Å². The van der Waals surface area contributed by atoms with Crippen molar-refractivity contribution in [2.24, 2.45) is 0 Å². The first-order valence-corrected chi connectivity index (χ1v) is 11.2. The maximum atomic E-state index is 11.7. The molecule has 2 heterocycles. The van der Waals surface area contributed by atoms with Crippen molar-refractivity contribution >= 4 is 23.3 Å². The van der Waals surface area contributed by atoms with E-state index in [1.54, 1.807) is 35.6 Å². The molecular formula is C23H27N3O4S. The van der Waals surface area contributed by atoms with Gasteiger partial charge in [-0.2, -0.15) is 0 Å². The number of unbranched alkanes of at least 4 members (excludes halogenated alkanes) is 1. The number of aliphatic carboxylic acids is 1. The van der Waals surface area contributed by atoms with E-state index < -0.39 is 18.0 Å². The Kier molecular flexibility index (Phi) is 7.97. The third-order valence-corrected chi connectivity index (χ3v) is 5.96. The Hall–Kier alpha value is -2.97. The second-order valence-corrected chi connectivity index (χ2v) is 8.48. The standard InChI is InChI=1S/C23H27N3O4S/c1-2-3-6-21-25-18(12-15-7-9-16(10-8-15)22(27)28)20(26-21)14-24-19(23(29)30)13-17-5-4-11-31-17/h4-5,7-11,19,24H,2-3,6,12-14H2,1H3,(H,25,26)(H,27,28)(H,29,30)/t19-/m0/s1. The Balaban J connectivity index is 1.74. The van der Waals surface area contributed by atoms with Crippen LogP contribution in [0.5, 0.6) is 0 Å². The van der Waals surface area contributed by atoms with Gasteiger partial charge in [-0.3, -0.25) is 10.1 Å². The molecule has 4 N–H and O–H groups in total. The number of nitrogens with zero attached hydrogens (tertiary/aromatic N) is 1. The van der Waals surface area contributed by atoms with E-state index in [4.69, 9.17) is 10.1 Å². The third-order valence-electron chi connectivity index (χ3n) is 5.06. The Labute approximate surface area is 185 Å². The predicted octanol–water partition coefficient (Wildman–Crippen LogP) is 3.89. The fourth-order valence-electron chi connectivity index (χ4n) is 3.33. The molecule has 3 aromatic rings. The van der Waals surface area contributed by atoms with Gasteiger partial charge in [-0.25, -0.2) is 9.78 Å². The fraction of sp³-hybridized carbons (Fsp3) is 0.348. The molecule has 0 amide bonds. The first kappa shape index (κ1) is 22.7. The van der Waals surface area contributed by atoms with Gasteiger partial charge in [0.25, 0.3) is 0 Å². The first-order valence-electron chi connectivity index (χ1n) is 10.3. The van der Waals surface area contributed by atoms with Gasteiger partial charge < -0.3 is 15.2 Å². The molecule has 0 aliphatic rings. The van der Waals surface area contributed by atoms with Gasteiger partial charge in [0.05, 0.1) is 11.3 Å². The molecule has 31 heavy (non-hydrogen) atoms. The van der Waals surface area contributed by atoms with Gasteiger partial charge in [-0.1, -0.05) is 31.5 Å². The number of aromatic amines is 1. The molecule has 0 saturated carbocycles. The SMILES string of the molecule is CCCCc1nc(CN[C@@H](Cc2cccs2)C(=O)O)c(Cc2ccc(C(=O)O)cc2)[nH]1. The second-order valence-electron chi connectivity index (χ2n) is 7.45. The van der Waals surface area contributed by atoms with Crippen LogP contribution in [-0.4, -0.2) is 38.2 Å². The van der Waals surface area contributed by atoms with Gasteiger partial charge in [0.2, 0.25) is 0 Å². The number of thiophene rings is 1. The third kappa shape index (κ3) is 6.50. The van der Waals surface area contributed by atoms with Crippen LogP contribution in [0.25, 0.3) is 0 Å². The number of carboxylic acid groups (broad SMARTS) is 2. The highest BCUT2D eigenvalue weighted by molar-refractivity contribution is 7.09. The number of aryl methyl sites for hydroxylation is 1. The Bertz CT molecular complexity index is 997. The number of carboxylic acids is 2. The molecule has 3 rings (SSSR count). The van der Waals surface area contributed by atoms with Crippen molar-refractivity contribution in [3.63, 3.8) is 0 Å². The zero-order valence-corrected chi connectivity index (χ0v) is 18.2. The van der Waals surface area contributed by atoms with E-state index in [-0.39, 0.29) is 5.56 Å². The van der Waals surface area contributed by atoms with Gasteiger partial charge in [-0.15, -0.1) is 11.3 Å². The van der Waals surface area contributed by atoms with Crippen molar-refractivity contribution in [1.29, 1.82) is 0 Å². The minimum atomic E-state index is -0.953. The minimum Gasteiger partial charge on any atom is -0.480 e. The van der Waals surface area contributed by atoms with Crippen molar-refractivity contribution in [1.82, 2.24) is 15.3 Å². The van der Waals surface area contributed by atoms with E-state index in [0.29, 0.717) is 19.4 Å². The fourth-order valence-corrected chi connectivity index (χ4v) is 4.08. The Morgan fingerprint density at radius 3 is 2.58 bits per heavy atom. The summed E-state index contributed by atoms with van der Waals surface area (Å²) in [6.07, 6.45) is 3.90. The lowest BCUT2D eigenvalue weighted by atomic mass is 10.1. The van der Waals surface area contributed by atoms with E-state index in [2.05, 4.69) is 17.2 Å². The summed E-state index contributed by atoms with van der Waals surface area (Å²) in [5, 5.41) is 23.8. The summed E-state index contributed by atoms with van der Waals surface area (Å²) in [5.74, 6) is -0.952. The normalized spacial score (nSPS) is 12.0. The predicted molar refractivity (Wildman–Crippen MR) is 120 cm³/mol. The molecule has 0 aliphatic heterocycles. The summed E-state index contributed by atoms with van der Waals surface area (Å²) < 4.78 is 0. The molecule has 2 aromatic heterocycles. The number of H-pyrrole nitrogens is 1. The molecule has 0 fully saturated rings. The number of imidazole rings is 1. The lowest BCUT2D eigenvalue weighted by molar-refractivity contribution is -0.139. The summed E-state index contributed by atoms with van der Waals surface area (Å²) in [4.78, 5) is 31.9. The average Bonchev–Trinajstić information content (AvgIpc) is 3.39. The summed E-state index contributed by atoms with van der Waals surface area (Å²) >= 11 is 1.54. The molecule has 0 unspecified atom stereocenters. The van der Waals surface area contributed by atoms with E-state index in [1.165, 1.54) is 0 Å². The summed E-state index contributed by atoms with van der Waals surface area (Å²) in [6.45, 7) is 2.46. The highest BCUT2D eigenvalue weighted by atomic mass is 32.1. The summed E-state index contributed by atoms with van der Waals surface area (Å²) in [5.41, 5.74) is 2.93. The van der Waals surface area contributed by atoms with Crippen molar-refractivity contribution < 1.29 is 19.8 Å². The lowest BCUT2D eigenvalue weighted by Gasteiger charge is -2.13. The molecule has 0 saturated heterocycles. The number of rotatable bonds is 12. The van der Waals surface area contributed by atoms with Crippen LogP contribution >= 0.6 is 11.3 Å². The van der Waals surface area contributed by atoms with Crippen LogP contribution in [0.1, 0.15) is 57.8 Å². The zero-order valence-electron chi connectivity index (χ0n) is 17.4. The smallest absolute Gasteiger partial charge is 0.335 e. The van der Waals surface area contributed by atoms with Crippen molar-refractivity contribution in [3.05, 3.63) is 75.0 Å². The van der Waals surface area contributed by atoms with Crippen LogP contribution in [0.4, 0.5) is 0 Å². The van der Waals surface area contributed by atoms with Crippen LogP contribution in [0.2, 0.25) is 0 Å². The van der Waals surface area contributed by atoms with Gasteiger partial charge in [0, 0.05) is 36.4 Å². The molecule has 0 bridgehead atoms. The summed E-state index contributed by atoms with van der Waals surface area (Å²) in [6, 6.07) is 9.93. The zero-order chi connectivity index (χ0) is 22.2. The van der Waals surface area contributed by atoms with Crippen molar-refractivity contribution in [2.45, 2.75) is 51.6 Å². The number of hydrogen-bond acceptors (Lipinski definition) is 5. The van der Waals surface area contributed by atoms with Crippen LogP contribution in [0, 0.1) is 0 Å². The average molecular weight is 442 g/mol. The van der Waals surface area contributed by atoms with E-state index >= 15 is 0 Å². The van der Waals surface area contributed by atoms with Crippen molar-refractivity contribution in [2.75, 3.05) is 0 Å². The molecular weight excluding hydrogens is 414 g/mol. The molecule has 0 spiro atoms. The Morgan fingerprint density at radius 1 is 1.19 bits per heavy atom. The topological polar surface area (TPSA) is 115 Å². The van der Waals surface area contributed by atoms with Gasteiger partial charge >= 0.3 is 11.9 Å². The van der Waals surface area contributed by atoms with Crippen LogP contribution in [-0.2, 0) is 30.6 Å². The largest absolute Gasteiger partial charge is 0.480 e. The number of aromatic nitrogens is 2. The molecule has 1 atom stereocenters. The molecule has 164 valence electrons. The van der Waals surface area contributed by atoms with Crippen LogP contribution in [0.3, 0.4) is 0 Å². The van der Waals surface area contributed by atoms with Gasteiger partial charge in [0.1, 0.15) is 11.9 Å². The maximum Gasteiger partial charge on any atom is 0.335 e. The minimum absolute atomic E-state index is 0.247. The first-order chi connectivity index (χ1) is 15.0. The molecule has 1 aromatic carbocycles. The number of nitrogens with one attached hydrogen (secondary N) is 2. The number of carbonyl (C=O) groups is 2.